The molecular formula is C12H16N2O. The van der Waals surface area contributed by atoms with Crippen molar-refractivity contribution in [3.05, 3.63) is 35.4 Å². The molecule has 0 aromatic heterocycles. The van der Waals surface area contributed by atoms with Crippen molar-refractivity contribution in [2.45, 2.75) is 18.8 Å². The Morgan fingerprint density at radius 3 is 2.87 bits per heavy atom. The van der Waals surface area contributed by atoms with Crippen molar-refractivity contribution in [2.24, 2.45) is 5.73 Å². The molecule has 0 bridgehead atoms. The lowest BCUT2D eigenvalue weighted by Crippen LogP contribution is -2.29. The summed E-state index contributed by atoms with van der Waals surface area (Å²) in [4.78, 5) is 11.3. The Balaban J connectivity index is 2.29. The number of piperidine rings is 1. The number of amides is 1. The SMILES string of the molecule is NC(=O)c1ccccc1[C@@H]1CCCNC1. The fourth-order valence-electron chi connectivity index (χ4n) is 2.19. The molecule has 0 radical (unpaired) electrons. The van der Waals surface area contributed by atoms with Gasteiger partial charge >= 0.3 is 0 Å². The first-order valence-electron chi connectivity index (χ1n) is 5.38. The van der Waals surface area contributed by atoms with Crippen molar-refractivity contribution >= 4 is 5.91 Å². The van der Waals surface area contributed by atoms with Gasteiger partial charge in [-0.1, -0.05) is 18.2 Å². The topological polar surface area (TPSA) is 55.1 Å². The van der Waals surface area contributed by atoms with Crippen molar-refractivity contribution in [3.63, 3.8) is 0 Å². The Kier molecular flexibility index (Phi) is 3.02. The summed E-state index contributed by atoms with van der Waals surface area (Å²) < 4.78 is 0. The van der Waals surface area contributed by atoms with Crippen LogP contribution in [0.1, 0.15) is 34.7 Å². The summed E-state index contributed by atoms with van der Waals surface area (Å²) in [5.74, 6) is 0.110. The van der Waals surface area contributed by atoms with Crippen molar-refractivity contribution in [3.8, 4) is 0 Å². The van der Waals surface area contributed by atoms with Gasteiger partial charge in [0.2, 0.25) is 5.91 Å². The maximum absolute atomic E-state index is 11.3. The normalized spacial score (nSPS) is 21.2. The second kappa shape index (κ2) is 4.45. The van der Waals surface area contributed by atoms with Crippen LogP contribution in [0.15, 0.2) is 24.3 Å². The van der Waals surface area contributed by atoms with E-state index >= 15 is 0 Å². The molecule has 3 nitrogen and oxygen atoms in total. The smallest absolute Gasteiger partial charge is 0.248 e. The highest BCUT2D eigenvalue weighted by atomic mass is 16.1. The van der Waals surface area contributed by atoms with E-state index in [2.05, 4.69) is 5.32 Å². The number of nitrogens with one attached hydrogen (secondary N) is 1. The van der Waals surface area contributed by atoms with Crippen LogP contribution in [0.5, 0.6) is 0 Å². The molecule has 0 saturated carbocycles. The van der Waals surface area contributed by atoms with Gasteiger partial charge in [0, 0.05) is 12.1 Å². The van der Waals surface area contributed by atoms with E-state index in [1.807, 2.05) is 24.3 Å². The van der Waals surface area contributed by atoms with Crippen molar-refractivity contribution in [1.82, 2.24) is 5.32 Å². The van der Waals surface area contributed by atoms with Gasteiger partial charge in [0.1, 0.15) is 0 Å². The Hall–Kier alpha value is -1.35. The summed E-state index contributed by atoms with van der Waals surface area (Å²) in [6.07, 6.45) is 2.30. The lowest BCUT2D eigenvalue weighted by Gasteiger charge is -2.24. The fraction of sp³-hybridized carbons (Fsp3) is 0.417. The first-order chi connectivity index (χ1) is 7.29. The molecule has 3 N–H and O–H groups in total. The van der Waals surface area contributed by atoms with E-state index in [-0.39, 0.29) is 5.91 Å². The van der Waals surface area contributed by atoms with Gasteiger partial charge in [0.05, 0.1) is 0 Å². The van der Waals surface area contributed by atoms with Crippen LogP contribution >= 0.6 is 0 Å². The molecule has 3 heteroatoms. The molecule has 1 atom stereocenters. The van der Waals surface area contributed by atoms with E-state index in [9.17, 15) is 4.79 Å². The third-order valence-corrected chi connectivity index (χ3v) is 2.96. The molecule has 1 saturated heterocycles. The number of carbonyl (C=O) groups excluding carboxylic acids is 1. The molecule has 2 rings (SSSR count). The molecule has 80 valence electrons. The first-order valence-corrected chi connectivity index (χ1v) is 5.38. The highest BCUT2D eigenvalue weighted by Gasteiger charge is 2.19. The monoisotopic (exact) mass is 204 g/mol. The van der Waals surface area contributed by atoms with Crippen LogP contribution < -0.4 is 11.1 Å². The molecule has 0 unspecified atom stereocenters. The highest BCUT2D eigenvalue weighted by Crippen LogP contribution is 2.25. The van der Waals surface area contributed by atoms with Crippen LogP contribution in [0.4, 0.5) is 0 Å². The van der Waals surface area contributed by atoms with E-state index in [1.54, 1.807) is 0 Å². The predicted octanol–water partition coefficient (Wildman–Crippen LogP) is 1.25. The van der Waals surface area contributed by atoms with Gasteiger partial charge in [-0.3, -0.25) is 4.79 Å². The number of nitrogens with two attached hydrogens (primary N) is 1. The molecule has 1 amide bonds. The summed E-state index contributed by atoms with van der Waals surface area (Å²) in [6, 6.07) is 7.65. The van der Waals surface area contributed by atoms with Gasteiger partial charge in [0.15, 0.2) is 0 Å². The summed E-state index contributed by atoms with van der Waals surface area (Å²) in [6.45, 7) is 2.03. The largest absolute Gasteiger partial charge is 0.366 e. The van der Waals surface area contributed by atoms with Crippen LogP contribution in [-0.4, -0.2) is 19.0 Å². The zero-order valence-electron chi connectivity index (χ0n) is 8.70. The summed E-state index contributed by atoms with van der Waals surface area (Å²) in [5.41, 5.74) is 7.13. The highest BCUT2D eigenvalue weighted by molar-refractivity contribution is 5.94. The zero-order chi connectivity index (χ0) is 10.7. The number of carbonyl (C=O) groups is 1. The van der Waals surface area contributed by atoms with Gasteiger partial charge in [-0.15, -0.1) is 0 Å². The zero-order valence-corrected chi connectivity index (χ0v) is 8.70. The lowest BCUT2D eigenvalue weighted by atomic mass is 9.88. The lowest BCUT2D eigenvalue weighted by molar-refractivity contribution is 0.0998. The van der Waals surface area contributed by atoms with Crippen LogP contribution in [0, 0.1) is 0 Å². The summed E-state index contributed by atoms with van der Waals surface area (Å²) in [5, 5.41) is 3.35. The van der Waals surface area contributed by atoms with Crippen molar-refractivity contribution in [2.75, 3.05) is 13.1 Å². The summed E-state index contributed by atoms with van der Waals surface area (Å²) in [7, 11) is 0. The molecular weight excluding hydrogens is 188 g/mol. The molecule has 1 fully saturated rings. The van der Waals surface area contributed by atoms with Crippen LogP contribution in [-0.2, 0) is 0 Å². The number of rotatable bonds is 2. The van der Waals surface area contributed by atoms with Gasteiger partial charge in [0.25, 0.3) is 0 Å². The number of hydrogen-bond donors (Lipinski definition) is 2. The van der Waals surface area contributed by atoms with Crippen LogP contribution in [0.2, 0.25) is 0 Å². The average Bonchev–Trinajstić information content (AvgIpc) is 2.30. The molecule has 0 aliphatic carbocycles. The first kappa shape index (κ1) is 10.2. The van der Waals surface area contributed by atoms with E-state index in [1.165, 1.54) is 0 Å². The van der Waals surface area contributed by atoms with Crippen molar-refractivity contribution in [1.29, 1.82) is 0 Å². The Labute approximate surface area is 89.7 Å². The van der Waals surface area contributed by atoms with E-state index in [0.717, 1.165) is 31.5 Å². The minimum absolute atomic E-state index is 0.323. The van der Waals surface area contributed by atoms with Gasteiger partial charge in [-0.25, -0.2) is 0 Å². The second-order valence-electron chi connectivity index (χ2n) is 3.99. The molecule has 15 heavy (non-hydrogen) atoms. The second-order valence-corrected chi connectivity index (χ2v) is 3.99. The minimum atomic E-state index is -0.323. The van der Waals surface area contributed by atoms with Gasteiger partial charge < -0.3 is 11.1 Å². The number of hydrogen-bond acceptors (Lipinski definition) is 2. The third-order valence-electron chi connectivity index (χ3n) is 2.96. The fourth-order valence-corrected chi connectivity index (χ4v) is 2.19. The Morgan fingerprint density at radius 2 is 2.20 bits per heavy atom. The molecule has 1 heterocycles. The Morgan fingerprint density at radius 1 is 1.40 bits per heavy atom. The van der Waals surface area contributed by atoms with Gasteiger partial charge in [-0.05, 0) is 36.9 Å². The van der Waals surface area contributed by atoms with E-state index in [0.29, 0.717) is 11.5 Å². The molecule has 1 aliphatic rings. The third kappa shape index (κ3) is 2.18. The average molecular weight is 204 g/mol. The van der Waals surface area contributed by atoms with Crippen molar-refractivity contribution < 1.29 is 4.79 Å². The standard InChI is InChI=1S/C12H16N2O/c13-12(15)11-6-2-1-5-10(11)9-4-3-7-14-8-9/h1-2,5-6,9,14H,3-4,7-8H2,(H2,13,15)/t9-/m1/s1. The molecule has 0 spiro atoms. The van der Waals surface area contributed by atoms with E-state index in [4.69, 9.17) is 5.73 Å². The van der Waals surface area contributed by atoms with Gasteiger partial charge in [-0.2, -0.15) is 0 Å². The maximum atomic E-state index is 11.3. The predicted molar refractivity (Wildman–Crippen MR) is 59.8 cm³/mol. The summed E-state index contributed by atoms with van der Waals surface area (Å²) >= 11 is 0. The maximum Gasteiger partial charge on any atom is 0.248 e. The Bertz CT molecular complexity index is 356. The van der Waals surface area contributed by atoms with E-state index < -0.39 is 0 Å². The number of primary amides is 1. The number of benzene rings is 1. The minimum Gasteiger partial charge on any atom is -0.366 e. The molecule has 1 aromatic carbocycles. The molecule has 1 aromatic rings. The van der Waals surface area contributed by atoms with Crippen LogP contribution in [0.25, 0.3) is 0 Å². The van der Waals surface area contributed by atoms with Crippen LogP contribution in [0.3, 0.4) is 0 Å². The molecule has 1 aliphatic heterocycles. The quantitative estimate of drug-likeness (QED) is 0.761.